The van der Waals surface area contributed by atoms with Crippen molar-refractivity contribution in [2.24, 2.45) is 5.92 Å². The van der Waals surface area contributed by atoms with Gasteiger partial charge in [0.2, 0.25) is 0 Å². The number of aliphatic carboxylic acids is 1. The third-order valence-electron chi connectivity index (χ3n) is 4.75. The van der Waals surface area contributed by atoms with Gasteiger partial charge in [-0.2, -0.15) is 0 Å². The summed E-state index contributed by atoms with van der Waals surface area (Å²) < 4.78 is 53.8. The summed E-state index contributed by atoms with van der Waals surface area (Å²) in [6, 6.07) is 4.97. The quantitative estimate of drug-likeness (QED) is 0.507. The molecule has 0 unspecified atom stereocenters. The highest BCUT2D eigenvalue weighted by atomic mass is 32.2. The third-order valence-corrected chi connectivity index (χ3v) is 6.12. The Morgan fingerprint density at radius 1 is 0.931 bits per heavy atom. The van der Waals surface area contributed by atoms with Crippen molar-refractivity contribution in [3.8, 4) is 0 Å². The van der Waals surface area contributed by atoms with Crippen LogP contribution in [-0.4, -0.2) is 22.2 Å². The fourth-order valence-corrected chi connectivity index (χ4v) is 4.42. The second kappa shape index (κ2) is 8.86. The SMILES string of the molecule is O=C(Nc1cc(F)c(F)c(F)c1)c1ccc(F)c(S[C@H]2CC[C@H](C(=O)O)CC2)c1. The van der Waals surface area contributed by atoms with Crippen molar-refractivity contribution in [3.05, 3.63) is 59.2 Å². The number of hydrogen-bond donors (Lipinski definition) is 2. The topological polar surface area (TPSA) is 66.4 Å². The number of carboxylic acid groups (broad SMARTS) is 1. The zero-order valence-corrected chi connectivity index (χ0v) is 15.9. The molecule has 1 saturated carbocycles. The summed E-state index contributed by atoms with van der Waals surface area (Å²) in [4.78, 5) is 23.6. The minimum atomic E-state index is -1.64. The summed E-state index contributed by atoms with van der Waals surface area (Å²) in [5, 5.41) is 11.3. The Morgan fingerprint density at radius 2 is 1.55 bits per heavy atom. The van der Waals surface area contributed by atoms with Crippen LogP contribution >= 0.6 is 11.8 Å². The first-order chi connectivity index (χ1) is 13.7. The van der Waals surface area contributed by atoms with Gasteiger partial charge in [-0.25, -0.2) is 17.6 Å². The number of carbonyl (C=O) groups excluding carboxylic acids is 1. The second-order valence-electron chi connectivity index (χ2n) is 6.78. The van der Waals surface area contributed by atoms with Gasteiger partial charge in [0.1, 0.15) is 5.82 Å². The molecule has 1 aliphatic rings. The standard InChI is InChI=1S/C20H17F4NO3S/c21-14-6-3-11(19(26)25-12-8-15(22)18(24)16(23)9-12)7-17(14)29-13-4-1-10(2-5-13)20(27)28/h3,6-10,13H,1-2,4-5H2,(H,25,26)(H,27,28)/t10-,13-. The molecular formula is C20H17F4NO3S. The summed E-state index contributed by atoms with van der Waals surface area (Å²) in [5.41, 5.74) is -0.199. The molecule has 1 amide bonds. The Labute approximate surface area is 168 Å². The number of nitrogens with one attached hydrogen (secondary N) is 1. The molecule has 0 saturated heterocycles. The van der Waals surface area contributed by atoms with Crippen molar-refractivity contribution >= 4 is 29.3 Å². The van der Waals surface area contributed by atoms with Gasteiger partial charge in [0.05, 0.1) is 5.92 Å². The maximum absolute atomic E-state index is 14.2. The van der Waals surface area contributed by atoms with E-state index < -0.39 is 35.1 Å². The van der Waals surface area contributed by atoms with Gasteiger partial charge in [-0.05, 0) is 43.9 Å². The van der Waals surface area contributed by atoms with Crippen molar-refractivity contribution in [1.82, 2.24) is 0 Å². The molecule has 0 spiro atoms. The zero-order valence-electron chi connectivity index (χ0n) is 15.1. The van der Waals surface area contributed by atoms with Gasteiger partial charge >= 0.3 is 5.97 Å². The maximum atomic E-state index is 14.2. The van der Waals surface area contributed by atoms with Gasteiger partial charge in [0.25, 0.3) is 5.91 Å². The van der Waals surface area contributed by atoms with E-state index in [-0.39, 0.29) is 27.3 Å². The predicted molar refractivity (Wildman–Crippen MR) is 99.9 cm³/mol. The number of thioether (sulfide) groups is 1. The lowest BCUT2D eigenvalue weighted by atomic mass is 9.89. The lowest BCUT2D eigenvalue weighted by molar-refractivity contribution is -0.142. The Kier molecular flexibility index (Phi) is 6.46. The Balaban J connectivity index is 1.70. The average molecular weight is 427 g/mol. The van der Waals surface area contributed by atoms with Crippen LogP contribution in [-0.2, 0) is 4.79 Å². The number of benzene rings is 2. The summed E-state index contributed by atoms with van der Waals surface area (Å²) in [6.07, 6.45) is 2.25. The van der Waals surface area contributed by atoms with Gasteiger partial charge in [-0.1, -0.05) is 0 Å². The average Bonchev–Trinajstić information content (AvgIpc) is 2.68. The van der Waals surface area contributed by atoms with Gasteiger partial charge in [0.15, 0.2) is 17.5 Å². The summed E-state index contributed by atoms with van der Waals surface area (Å²) >= 11 is 1.23. The fourth-order valence-electron chi connectivity index (χ4n) is 3.17. The largest absolute Gasteiger partial charge is 0.481 e. The highest BCUT2D eigenvalue weighted by molar-refractivity contribution is 8.00. The molecule has 2 aromatic carbocycles. The van der Waals surface area contributed by atoms with Crippen molar-refractivity contribution in [1.29, 1.82) is 0 Å². The van der Waals surface area contributed by atoms with Crippen molar-refractivity contribution in [2.45, 2.75) is 35.8 Å². The van der Waals surface area contributed by atoms with E-state index in [1.807, 2.05) is 0 Å². The van der Waals surface area contributed by atoms with E-state index in [1.54, 1.807) is 0 Å². The van der Waals surface area contributed by atoms with Crippen LogP contribution in [0.4, 0.5) is 23.2 Å². The summed E-state index contributed by atoms with van der Waals surface area (Å²) in [6.45, 7) is 0. The van der Waals surface area contributed by atoms with E-state index in [1.165, 1.54) is 23.9 Å². The lowest BCUT2D eigenvalue weighted by Crippen LogP contribution is -2.22. The lowest BCUT2D eigenvalue weighted by Gasteiger charge is -2.25. The first kappa shape index (κ1) is 21.2. The predicted octanol–water partition coefficient (Wildman–Crippen LogP) is 5.23. The monoisotopic (exact) mass is 427 g/mol. The molecule has 4 nitrogen and oxygen atoms in total. The minimum Gasteiger partial charge on any atom is -0.481 e. The Bertz CT molecular complexity index is 922. The highest BCUT2D eigenvalue weighted by Gasteiger charge is 2.27. The molecule has 154 valence electrons. The van der Waals surface area contributed by atoms with Crippen LogP contribution in [0, 0.1) is 29.2 Å². The molecule has 29 heavy (non-hydrogen) atoms. The molecule has 0 bridgehead atoms. The number of amides is 1. The Morgan fingerprint density at radius 3 is 2.14 bits per heavy atom. The van der Waals surface area contributed by atoms with Crippen molar-refractivity contribution < 1.29 is 32.3 Å². The number of carbonyl (C=O) groups is 2. The van der Waals surface area contributed by atoms with E-state index in [9.17, 15) is 27.2 Å². The van der Waals surface area contributed by atoms with E-state index >= 15 is 0 Å². The molecule has 0 atom stereocenters. The number of anilines is 1. The molecule has 0 aliphatic heterocycles. The molecule has 2 N–H and O–H groups in total. The second-order valence-corrected chi connectivity index (χ2v) is 8.13. The molecule has 0 aromatic heterocycles. The van der Waals surface area contributed by atoms with Gasteiger partial charge in [-0.3, -0.25) is 9.59 Å². The first-order valence-electron chi connectivity index (χ1n) is 8.89. The molecule has 1 fully saturated rings. The number of hydrogen-bond acceptors (Lipinski definition) is 3. The van der Waals surface area contributed by atoms with Gasteiger partial charge in [-0.15, -0.1) is 11.8 Å². The zero-order chi connectivity index (χ0) is 21.1. The van der Waals surface area contributed by atoms with Crippen LogP contribution in [0.25, 0.3) is 0 Å². The minimum absolute atomic E-state index is 0.0266. The van der Waals surface area contributed by atoms with Crippen LogP contribution in [0.1, 0.15) is 36.0 Å². The third kappa shape index (κ3) is 5.09. The van der Waals surface area contributed by atoms with Crippen LogP contribution in [0.3, 0.4) is 0 Å². The normalized spacial score (nSPS) is 19.0. The van der Waals surface area contributed by atoms with E-state index in [2.05, 4.69) is 5.32 Å². The van der Waals surface area contributed by atoms with Crippen molar-refractivity contribution in [3.63, 3.8) is 0 Å². The van der Waals surface area contributed by atoms with Crippen molar-refractivity contribution in [2.75, 3.05) is 5.32 Å². The first-order valence-corrected chi connectivity index (χ1v) is 9.77. The van der Waals surface area contributed by atoms with E-state index in [0.717, 1.165) is 6.07 Å². The summed E-state index contributed by atoms with van der Waals surface area (Å²) in [5.74, 6) is -6.98. The molecular weight excluding hydrogens is 410 g/mol. The highest BCUT2D eigenvalue weighted by Crippen LogP contribution is 2.37. The number of rotatable bonds is 5. The molecule has 0 heterocycles. The van der Waals surface area contributed by atoms with Gasteiger partial charge < -0.3 is 10.4 Å². The van der Waals surface area contributed by atoms with Crippen LogP contribution in [0.15, 0.2) is 35.2 Å². The number of halogens is 4. The molecule has 9 heteroatoms. The molecule has 3 rings (SSSR count). The van der Waals surface area contributed by atoms with Crippen LogP contribution in [0.2, 0.25) is 0 Å². The molecule has 1 aliphatic carbocycles. The van der Waals surface area contributed by atoms with E-state index in [0.29, 0.717) is 37.8 Å². The van der Waals surface area contributed by atoms with Crippen LogP contribution in [0.5, 0.6) is 0 Å². The van der Waals surface area contributed by atoms with E-state index in [4.69, 9.17) is 5.11 Å². The van der Waals surface area contributed by atoms with Crippen LogP contribution < -0.4 is 5.32 Å². The Hall–Kier alpha value is -2.55. The molecule has 2 aromatic rings. The molecule has 0 radical (unpaired) electrons. The summed E-state index contributed by atoms with van der Waals surface area (Å²) in [7, 11) is 0. The number of carboxylic acids is 1. The van der Waals surface area contributed by atoms with Gasteiger partial charge in [0, 0.05) is 33.5 Å². The maximum Gasteiger partial charge on any atom is 0.306 e. The fraction of sp³-hybridized carbons (Fsp3) is 0.300. The smallest absolute Gasteiger partial charge is 0.306 e.